The predicted octanol–water partition coefficient (Wildman–Crippen LogP) is 13.7. The van der Waals surface area contributed by atoms with Crippen molar-refractivity contribution in [2.24, 2.45) is 0 Å². The van der Waals surface area contributed by atoms with Crippen LogP contribution in [0.4, 0.5) is 11.4 Å². The second-order valence-electron chi connectivity index (χ2n) is 18.3. The summed E-state index contributed by atoms with van der Waals surface area (Å²) in [5.41, 5.74) is 13.1. The molecule has 0 saturated carbocycles. The number of carbonyl (C=O) groups is 2. The molecule has 10 aromatic rings. The molecule has 6 nitrogen and oxygen atoms in total. The van der Waals surface area contributed by atoms with Crippen molar-refractivity contribution in [3.63, 3.8) is 0 Å². The standard InChI is InChI=1S/C66H46N2O4/c1-71-65(69)59(37-23-43-19-33-53(34-20-43)67-39-49-29-25-45-11-3-7-15-55(45)61(49)62-50(40-67)30-26-46-12-4-8-16-56(46)62)60(66(70)72-2)38-24-44-21-35-54(36-22-44)68-41-51-31-27-47-13-5-9-17-57(47)63(51)64-52(42-68)32-28-48-14-6-10-18-58(48)64/h3-22,25-36H,39-42H2,1-2H3/b60-59+. The molecule has 0 fully saturated rings. The number of esters is 2. The average Bonchev–Trinajstić information content (AvgIpc) is 3.73. The average molecular weight is 931 g/mol. The molecule has 2 heterocycles. The Morgan fingerprint density at radius 3 is 0.917 bits per heavy atom. The Hall–Kier alpha value is -9.36. The van der Waals surface area contributed by atoms with Crippen molar-refractivity contribution >= 4 is 66.4 Å². The number of benzene rings is 10. The first-order chi connectivity index (χ1) is 35.4. The van der Waals surface area contributed by atoms with Crippen molar-refractivity contribution in [2.45, 2.75) is 26.2 Å². The van der Waals surface area contributed by atoms with Gasteiger partial charge >= 0.3 is 11.9 Å². The zero-order valence-electron chi connectivity index (χ0n) is 39.8. The van der Waals surface area contributed by atoms with E-state index in [1.807, 2.05) is 24.3 Å². The molecule has 0 amide bonds. The molecule has 0 spiro atoms. The lowest BCUT2D eigenvalue weighted by Crippen LogP contribution is -2.20. The van der Waals surface area contributed by atoms with Crippen molar-refractivity contribution in [3.8, 4) is 45.9 Å². The number of fused-ring (bicyclic) bond motifs is 14. The monoisotopic (exact) mass is 930 g/mol. The van der Waals surface area contributed by atoms with E-state index in [-0.39, 0.29) is 11.1 Å². The third-order valence-electron chi connectivity index (χ3n) is 14.2. The highest BCUT2D eigenvalue weighted by molar-refractivity contribution is 6.10. The van der Waals surface area contributed by atoms with Crippen LogP contribution in [0.2, 0.25) is 0 Å². The van der Waals surface area contributed by atoms with Gasteiger partial charge in [0, 0.05) is 48.7 Å². The summed E-state index contributed by atoms with van der Waals surface area (Å²) in [5.74, 6) is 10.5. The molecule has 0 saturated heterocycles. The van der Waals surface area contributed by atoms with E-state index in [1.165, 1.54) is 102 Å². The summed E-state index contributed by atoms with van der Waals surface area (Å²) >= 11 is 0. The minimum absolute atomic E-state index is 0.181. The quantitative estimate of drug-likeness (QED) is 0.0996. The fraction of sp³-hybridized carbons (Fsp3) is 0.0909. The van der Waals surface area contributed by atoms with Gasteiger partial charge in [-0.15, -0.1) is 0 Å². The van der Waals surface area contributed by atoms with E-state index < -0.39 is 11.9 Å². The molecule has 0 unspecified atom stereocenters. The largest absolute Gasteiger partial charge is 0.465 e. The highest BCUT2D eigenvalue weighted by Gasteiger charge is 2.26. The third kappa shape index (κ3) is 7.96. The molecular weight excluding hydrogens is 885 g/mol. The number of hydrogen-bond donors (Lipinski definition) is 0. The lowest BCUT2D eigenvalue weighted by Gasteiger charge is -2.24. The number of anilines is 2. The summed E-state index contributed by atoms with van der Waals surface area (Å²) in [5, 5.41) is 9.84. The number of ether oxygens (including phenoxy) is 2. The second-order valence-corrected chi connectivity index (χ2v) is 18.3. The van der Waals surface area contributed by atoms with Crippen molar-refractivity contribution in [1.29, 1.82) is 0 Å². The van der Waals surface area contributed by atoms with Crippen molar-refractivity contribution in [1.82, 2.24) is 0 Å². The Morgan fingerprint density at radius 2 is 0.639 bits per heavy atom. The van der Waals surface area contributed by atoms with Gasteiger partial charge in [-0.3, -0.25) is 0 Å². The summed E-state index contributed by atoms with van der Waals surface area (Å²) in [6.45, 7) is 2.85. The van der Waals surface area contributed by atoms with Crippen molar-refractivity contribution in [2.75, 3.05) is 24.0 Å². The molecule has 2 aliphatic heterocycles. The lowest BCUT2D eigenvalue weighted by molar-refractivity contribution is -0.138. The van der Waals surface area contributed by atoms with E-state index in [0.717, 1.165) is 11.4 Å². The lowest BCUT2D eigenvalue weighted by atomic mass is 9.88. The maximum absolute atomic E-state index is 13.4. The first-order valence-corrected chi connectivity index (χ1v) is 24.1. The molecule has 2 aliphatic rings. The zero-order valence-corrected chi connectivity index (χ0v) is 39.8. The molecule has 10 aromatic carbocycles. The van der Waals surface area contributed by atoms with E-state index in [2.05, 4.69) is 203 Å². The molecule has 0 atom stereocenters. The number of rotatable bonds is 4. The normalized spacial score (nSPS) is 13.0. The molecule has 6 heteroatoms. The highest BCUT2D eigenvalue weighted by Crippen LogP contribution is 2.45. The van der Waals surface area contributed by atoms with E-state index in [9.17, 15) is 9.59 Å². The molecule has 0 N–H and O–H groups in total. The van der Waals surface area contributed by atoms with Gasteiger partial charge < -0.3 is 19.3 Å². The van der Waals surface area contributed by atoms with Gasteiger partial charge in [-0.25, -0.2) is 9.59 Å². The highest BCUT2D eigenvalue weighted by atomic mass is 16.5. The molecule has 0 radical (unpaired) electrons. The van der Waals surface area contributed by atoms with Crippen LogP contribution in [0.1, 0.15) is 33.4 Å². The Morgan fingerprint density at radius 1 is 0.361 bits per heavy atom. The van der Waals surface area contributed by atoms with E-state index >= 15 is 0 Å². The van der Waals surface area contributed by atoms with Gasteiger partial charge in [0.15, 0.2) is 0 Å². The summed E-state index contributed by atoms with van der Waals surface area (Å²) in [6.07, 6.45) is 0. The van der Waals surface area contributed by atoms with Crippen LogP contribution in [0.25, 0.3) is 65.3 Å². The summed E-state index contributed by atoms with van der Waals surface area (Å²) < 4.78 is 10.3. The first kappa shape index (κ1) is 43.9. The maximum atomic E-state index is 13.4. The number of nitrogens with zero attached hydrogens (tertiary/aromatic N) is 2. The maximum Gasteiger partial charge on any atom is 0.348 e. The number of hydrogen-bond acceptors (Lipinski definition) is 6. The molecule has 344 valence electrons. The SMILES string of the molecule is COC(=O)/C(C#Cc1ccc(N2Cc3ccc4ccccc4c3-c3c(ccc4ccccc34)C2)cc1)=C(\C#Cc1ccc(N2Cc3ccc4ccccc4c3-c3c(ccc4ccccc34)C2)cc1)C(=O)OC. The van der Waals surface area contributed by atoms with Gasteiger partial charge in [0.25, 0.3) is 0 Å². The summed E-state index contributed by atoms with van der Waals surface area (Å²) in [6, 6.07) is 68.3. The van der Waals surface area contributed by atoms with Crippen LogP contribution >= 0.6 is 0 Å². The van der Waals surface area contributed by atoms with Gasteiger partial charge in [0.2, 0.25) is 0 Å². The molecule has 0 aromatic heterocycles. The summed E-state index contributed by atoms with van der Waals surface area (Å²) in [7, 11) is 2.51. The Balaban J connectivity index is 0.841. The smallest absolute Gasteiger partial charge is 0.348 e. The minimum Gasteiger partial charge on any atom is -0.465 e. The van der Waals surface area contributed by atoms with Crippen LogP contribution in [-0.4, -0.2) is 26.2 Å². The van der Waals surface area contributed by atoms with Gasteiger partial charge in [-0.05, 0) is 136 Å². The van der Waals surface area contributed by atoms with E-state index in [1.54, 1.807) is 0 Å². The van der Waals surface area contributed by atoms with Gasteiger partial charge in [0.1, 0.15) is 11.1 Å². The van der Waals surface area contributed by atoms with Gasteiger partial charge in [-0.2, -0.15) is 0 Å². The number of carbonyl (C=O) groups excluding carboxylic acids is 2. The fourth-order valence-corrected chi connectivity index (χ4v) is 10.7. The first-order valence-electron chi connectivity index (χ1n) is 24.1. The topological polar surface area (TPSA) is 59.1 Å². The van der Waals surface area contributed by atoms with E-state index in [4.69, 9.17) is 9.47 Å². The van der Waals surface area contributed by atoms with Gasteiger partial charge in [-0.1, -0.05) is 169 Å². The zero-order chi connectivity index (χ0) is 48.7. The van der Waals surface area contributed by atoms with Crippen molar-refractivity contribution < 1.29 is 19.1 Å². The predicted molar refractivity (Wildman–Crippen MR) is 291 cm³/mol. The van der Waals surface area contributed by atoms with E-state index in [0.29, 0.717) is 37.3 Å². The molecule has 72 heavy (non-hydrogen) atoms. The Labute approximate surface area is 418 Å². The van der Waals surface area contributed by atoms with Crippen LogP contribution in [0.5, 0.6) is 0 Å². The van der Waals surface area contributed by atoms with Gasteiger partial charge in [0.05, 0.1) is 14.2 Å². The van der Waals surface area contributed by atoms with Crippen LogP contribution in [-0.2, 0) is 45.2 Å². The fourth-order valence-electron chi connectivity index (χ4n) is 10.7. The Kier molecular flexibility index (Phi) is 11.3. The second kappa shape index (κ2) is 18.5. The van der Waals surface area contributed by atoms with Crippen LogP contribution in [0.3, 0.4) is 0 Å². The van der Waals surface area contributed by atoms with Crippen LogP contribution in [0, 0.1) is 23.7 Å². The molecular formula is C66H46N2O4. The third-order valence-corrected chi connectivity index (χ3v) is 14.2. The summed E-state index contributed by atoms with van der Waals surface area (Å²) in [4.78, 5) is 31.5. The molecule has 0 aliphatic carbocycles. The van der Waals surface area contributed by atoms with Crippen LogP contribution < -0.4 is 9.80 Å². The molecule has 12 rings (SSSR count). The molecule has 0 bridgehead atoms. The van der Waals surface area contributed by atoms with Crippen LogP contribution in [0.15, 0.2) is 205 Å². The number of methoxy groups -OCH3 is 2. The van der Waals surface area contributed by atoms with Crippen molar-refractivity contribution in [3.05, 3.63) is 239 Å². The Bertz CT molecular complexity index is 3580. The minimum atomic E-state index is -0.784.